The van der Waals surface area contributed by atoms with Crippen molar-refractivity contribution in [3.05, 3.63) is 29.8 Å². The van der Waals surface area contributed by atoms with E-state index < -0.39 is 0 Å². The molecular formula is C18H29N3O2. The third kappa shape index (κ3) is 4.94. The summed E-state index contributed by atoms with van der Waals surface area (Å²) in [6.45, 7) is 6.68. The van der Waals surface area contributed by atoms with Crippen LogP contribution >= 0.6 is 0 Å². The first-order valence-corrected chi connectivity index (χ1v) is 8.31. The number of ether oxygens (including phenoxy) is 1. The summed E-state index contributed by atoms with van der Waals surface area (Å²) in [6, 6.07) is 7.98. The average molecular weight is 319 g/mol. The molecule has 0 radical (unpaired) electrons. The normalized spacial score (nSPS) is 18.3. The topological polar surface area (TPSA) is 36.0 Å². The van der Waals surface area contributed by atoms with Crippen molar-refractivity contribution in [1.82, 2.24) is 14.7 Å². The maximum Gasteiger partial charge on any atom is 0.236 e. The molecule has 1 aliphatic rings. The van der Waals surface area contributed by atoms with Gasteiger partial charge in [0.15, 0.2) is 0 Å². The smallest absolute Gasteiger partial charge is 0.236 e. The highest BCUT2D eigenvalue weighted by Crippen LogP contribution is 2.21. The van der Waals surface area contributed by atoms with Crippen molar-refractivity contribution in [2.45, 2.75) is 19.4 Å². The molecule has 0 bridgehead atoms. The maximum atomic E-state index is 12.6. The molecule has 0 aromatic heterocycles. The van der Waals surface area contributed by atoms with Crippen LogP contribution in [-0.2, 0) is 4.79 Å². The third-order valence-corrected chi connectivity index (χ3v) is 4.74. The number of carbonyl (C=O) groups excluding carboxylic acids is 1. The molecule has 1 amide bonds. The van der Waals surface area contributed by atoms with Gasteiger partial charge in [-0.1, -0.05) is 12.1 Å². The fourth-order valence-corrected chi connectivity index (χ4v) is 2.88. The number of hydrogen-bond donors (Lipinski definition) is 0. The summed E-state index contributed by atoms with van der Waals surface area (Å²) in [5.74, 6) is 1.02. The molecule has 1 aromatic carbocycles. The molecule has 5 heteroatoms. The lowest BCUT2D eigenvalue weighted by atomic mass is 10.1. The first kappa shape index (κ1) is 17.8. The fourth-order valence-electron chi connectivity index (χ4n) is 2.88. The second-order valence-corrected chi connectivity index (χ2v) is 6.39. The Balaban J connectivity index is 1.92. The van der Waals surface area contributed by atoms with Crippen LogP contribution in [0.1, 0.15) is 24.9 Å². The Bertz CT molecular complexity index is 503. The molecule has 2 rings (SSSR count). The molecule has 1 aliphatic heterocycles. The lowest BCUT2D eigenvalue weighted by Crippen LogP contribution is -2.40. The summed E-state index contributed by atoms with van der Waals surface area (Å²) in [5.41, 5.74) is 1.12. The van der Waals surface area contributed by atoms with Gasteiger partial charge in [0.05, 0.1) is 19.7 Å². The van der Waals surface area contributed by atoms with Crippen LogP contribution in [0, 0.1) is 0 Å². The van der Waals surface area contributed by atoms with Gasteiger partial charge in [-0.2, -0.15) is 0 Å². The van der Waals surface area contributed by atoms with Gasteiger partial charge in [0.2, 0.25) is 5.91 Å². The van der Waals surface area contributed by atoms with E-state index in [-0.39, 0.29) is 11.9 Å². The maximum absolute atomic E-state index is 12.6. The third-order valence-electron chi connectivity index (χ3n) is 4.74. The quantitative estimate of drug-likeness (QED) is 0.830. The Labute approximate surface area is 139 Å². The Kier molecular flexibility index (Phi) is 6.42. The minimum absolute atomic E-state index is 0.0584. The molecular weight excluding hydrogens is 290 g/mol. The molecule has 0 aliphatic carbocycles. The van der Waals surface area contributed by atoms with Gasteiger partial charge in [0, 0.05) is 20.1 Å². The molecule has 5 nitrogen and oxygen atoms in total. The van der Waals surface area contributed by atoms with Crippen molar-refractivity contribution in [2.75, 3.05) is 53.9 Å². The summed E-state index contributed by atoms with van der Waals surface area (Å²) in [4.78, 5) is 19.0. The van der Waals surface area contributed by atoms with Crippen molar-refractivity contribution < 1.29 is 9.53 Å². The van der Waals surface area contributed by atoms with E-state index in [2.05, 4.69) is 23.8 Å². The molecule has 23 heavy (non-hydrogen) atoms. The summed E-state index contributed by atoms with van der Waals surface area (Å²) < 4.78 is 5.19. The van der Waals surface area contributed by atoms with Gasteiger partial charge < -0.3 is 14.5 Å². The van der Waals surface area contributed by atoms with Gasteiger partial charge in [0.1, 0.15) is 5.75 Å². The highest BCUT2D eigenvalue weighted by atomic mass is 16.5. The number of nitrogens with zero attached hydrogens (tertiary/aromatic N) is 3. The lowest BCUT2D eigenvalue weighted by molar-refractivity contribution is -0.133. The van der Waals surface area contributed by atoms with E-state index >= 15 is 0 Å². The second-order valence-electron chi connectivity index (χ2n) is 6.39. The van der Waals surface area contributed by atoms with E-state index in [0.29, 0.717) is 6.54 Å². The van der Waals surface area contributed by atoms with Crippen molar-refractivity contribution in [3.63, 3.8) is 0 Å². The molecule has 0 saturated carbocycles. The fraction of sp³-hybridized carbons (Fsp3) is 0.611. The minimum Gasteiger partial charge on any atom is -0.497 e. The Morgan fingerprint density at radius 2 is 1.91 bits per heavy atom. The van der Waals surface area contributed by atoms with E-state index in [1.54, 1.807) is 7.11 Å². The van der Waals surface area contributed by atoms with Crippen molar-refractivity contribution >= 4 is 5.91 Å². The number of amides is 1. The largest absolute Gasteiger partial charge is 0.497 e. The standard InChI is InChI=1S/C18H29N3O2/c1-15(16-6-8-17(23-4)9-7-16)20(3)18(22)14-21-11-5-10-19(2)12-13-21/h6-9,15H,5,10-14H2,1-4H3/t15-/m0/s1. The van der Waals surface area contributed by atoms with Crippen LogP contribution in [0.15, 0.2) is 24.3 Å². The Morgan fingerprint density at radius 3 is 2.57 bits per heavy atom. The molecule has 0 N–H and O–H groups in total. The first-order valence-electron chi connectivity index (χ1n) is 8.31. The number of rotatable bonds is 5. The zero-order valence-electron chi connectivity index (χ0n) is 14.8. The summed E-state index contributed by atoms with van der Waals surface area (Å²) in [7, 11) is 5.69. The van der Waals surface area contributed by atoms with E-state index in [1.807, 2.05) is 36.2 Å². The SMILES string of the molecule is COc1ccc([C@H](C)N(C)C(=O)CN2CCCN(C)CC2)cc1. The molecule has 128 valence electrons. The molecule has 1 atom stereocenters. The van der Waals surface area contributed by atoms with Crippen LogP contribution in [0.25, 0.3) is 0 Å². The molecule has 1 aromatic rings. The first-order chi connectivity index (χ1) is 11.0. The molecule has 0 spiro atoms. The van der Waals surface area contributed by atoms with Gasteiger partial charge in [-0.3, -0.25) is 9.69 Å². The molecule has 0 unspecified atom stereocenters. The Morgan fingerprint density at radius 1 is 1.22 bits per heavy atom. The van der Waals surface area contributed by atoms with Crippen LogP contribution in [0.2, 0.25) is 0 Å². The highest BCUT2D eigenvalue weighted by Gasteiger charge is 2.21. The zero-order valence-corrected chi connectivity index (χ0v) is 14.8. The number of methoxy groups -OCH3 is 1. The number of carbonyl (C=O) groups is 1. The van der Waals surface area contributed by atoms with Crippen molar-refractivity contribution in [1.29, 1.82) is 0 Å². The number of hydrogen-bond acceptors (Lipinski definition) is 4. The lowest BCUT2D eigenvalue weighted by Gasteiger charge is -2.28. The summed E-state index contributed by atoms with van der Waals surface area (Å²) in [5, 5.41) is 0. The van der Waals surface area contributed by atoms with Crippen LogP contribution in [0.4, 0.5) is 0 Å². The van der Waals surface area contributed by atoms with Crippen LogP contribution in [0.5, 0.6) is 5.75 Å². The monoisotopic (exact) mass is 319 g/mol. The number of likely N-dealkylation sites (N-methyl/N-ethyl adjacent to an activating group) is 2. The highest BCUT2D eigenvalue weighted by molar-refractivity contribution is 5.78. The van der Waals surface area contributed by atoms with Crippen molar-refractivity contribution in [2.24, 2.45) is 0 Å². The van der Waals surface area contributed by atoms with E-state index in [9.17, 15) is 4.79 Å². The van der Waals surface area contributed by atoms with Crippen molar-refractivity contribution in [3.8, 4) is 5.75 Å². The number of benzene rings is 1. The Hall–Kier alpha value is -1.59. The van der Waals surface area contributed by atoms with E-state index in [1.165, 1.54) is 0 Å². The molecule has 1 fully saturated rings. The summed E-state index contributed by atoms with van der Waals surface area (Å²) >= 11 is 0. The van der Waals surface area contributed by atoms with Gasteiger partial charge in [-0.25, -0.2) is 0 Å². The predicted octanol–water partition coefficient (Wildman–Crippen LogP) is 1.85. The summed E-state index contributed by atoms with van der Waals surface area (Å²) in [6.07, 6.45) is 1.13. The molecule has 1 heterocycles. The van der Waals surface area contributed by atoms with E-state index in [4.69, 9.17) is 4.74 Å². The van der Waals surface area contributed by atoms with Gasteiger partial charge in [0.25, 0.3) is 0 Å². The predicted molar refractivity (Wildman–Crippen MR) is 92.7 cm³/mol. The zero-order chi connectivity index (χ0) is 16.8. The van der Waals surface area contributed by atoms with E-state index in [0.717, 1.165) is 43.9 Å². The second kappa shape index (κ2) is 8.31. The van der Waals surface area contributed by atoms with Crippen LogP contribution in [-0.4, -0.2) is 74.5 Å². The van der Waals surface area contributed by atoms with Gasteiger partial charge in [-0.15, -0.1) is 0 Å². The van der Waals surface area contributed by atoms with Crippen LogP contribution in [0.3, 0.4) is 0 Å². The average Bonchev–Trinajstić information content (AvgIpc) is 2.78. The van der Waals surface area contributed by atoms with Crippen LogP contribution < -0.4 is 4.74 Å². The minimum atomic E-state index is 0.0584. The van der Waals surface area contributed by atoms with Gasteiger partial charge >= 0.3 is 0 Å². The van der Waals surface area contributed by atoms with Gasteiger partial charge in [-0.05, 0) is 51.2 Å². The molecule has 1 saturated heterocycles.